The molecule has 0 saturated carbocycles. The molecule has 5 aromatic rings. The van der Waals surface area contributed by atoms with Crippen molar-refractivity contribution >= 4 is 48.6 Å². The van der Waals surface area contributed by atoms with Crippen molar-refractivity contribution in [3.8, 4) is 6.01 Å². The third kappa shape index (κ3) is 3.67. The third-order valence-electron chi connectivity index (χ3n) is 6.05. The van der Waals surface area contributed by atoms with E-state index in [4.69, 9.17) is 14.5 Å². The number of nitrogens with one attached hydrogen (secondary N) is 2. The summed E-state index contributed by atoms with van der Waals surface area (Å²) in [4.78, 5) is 22.6. The van der Waals surface area contributed by atoms with Gasteiger partial charge in [0.2, 0.25) is 0 Å². The molecule has 4 aromatic heterocycles. The molecule has 0 unspecified atom stereocenters. The Kier molecular flexibility index (Phi) is 4.70. The average Bonchev–Trinajstić information content (AvgIpc) is 3.38. The van der Waals surface area contributed by atoms with E-state index in [0.717, 1.165) is 67.9 Å². The molecule has 0 fully saturated rings. The Balaban J connectivity index is 1.26. The third-order valence-corrected chi connectivity index (χ3v) is 7.15. The maximum atomic E-state index is 5.99. The van der Waals surface area contributed by atoms with Gasteiger partial charge < -0.3 is 19.8 Å². The molecule has 0 spiro atoms. The number of rotatable bonds is 5. The normalized spacial score (nSPS) is 15.2. The zero-order valence-corrected chi connectivity index (χ0v) is 19.5. The Morgan fingerprint density at radius 2 is 2.12 bits per heavy atom. The molecule has 0 radical (unpaired) electrons. The molecule has 1 aliphatic rings. The minimum Gasteiger partial charge on any atom is -0.468 e. The van der Waals surface area contributed by atoms with Gasteiger partial charge in [-0.25, -0.2) is 15.0 Å². The number of nitrogens with zero attached hydrogens (tertiary/aromatic N) is 4. The summed E-state index contributed by atoms with van der Waals surface area (Å²) < 4.78 is 12.2. The Bertz CT molecular complexity index is 1510. The molecule has 168 valence electrons. The number of methoxy groups -OCH3 is 1. The highest BCUT2D eigenvalue weighted by atomic mass is 32.1. The van der Waals surface area contributed by atoms with Crippen molar-refractivity contribution in [1.29, 1.82) is 0 Å². The van der Waals surface area contributed by atoms with Crippen LogP contribution in [0.15, 0.2) is 30.6 Å². The van der Waals surface area contributed by atoms with Crippen LogP contribution in [-0.2, 0) is 24.2 Å². The molecule has 0 atom stereocenters. The summed E-state index contributed by atoms with van der Waals surface area (Å²) in [5.74, 6) is 0.847. The van der Waals surface area contributed by atoms with Crippen LogP contribution < -0.4 is 10.1 Å². The van der Waals surface area contributed by atoms with Gasteiger partial charge in [-0.05, 0) is 44.0 Å². The highest BCUT2D eigenvalue weighted by Gasteiger charge is 2.28. The highest BCUT2D eigenvalue weighted by molar-refractivity contribution is 7.25. The Morgan fingerprint density at radius 1 is 1.21 bits per heavy atom. The minimum atomic E-state index is -0.180. The molecule has 5 heterocycles. The lowest BCUT2D eigenvalue weighted by molar-refractivity contribution is -0.0411. The van der Waals surface area contributed by atoms with Gasteiger partial charge >= 0.3 is 0 Å². The van der Waals surface area contributed by atoms with Gasteiger partial charge in [0, 0.05) is 23.9 Å². The second-order valence-electron chi connectivity index (χ2n) is 8.95. The van der Waals surface area contributed by atoms with Gasteiger partial charge in [0.1, 0.15) is 17.0 Å². The van der Waals surface area contributed by atoms with E-state index in [1.54, 1.807) is 24.8 Å². The number of benzene rings is 1. The van der Waals surface area contributed by atoms with Crippen molar-refractivity contribution in [3.63, 3.8) is 0 Å². The van der Waals surface area contributed by atoms with Gasteiger partial charge in [-0.15, -0.1) is 11.3 Å². The second kappa shape index (κ2) is 7.64. The van der Waals surface area contributed by atoms with Crippen LogP contribution in [0.4, 0.5) is 5.82 Å². The highest BCUT2D eigenvalue weighted by Crippen LogP contribution is 2.38. The number of fused-ring (bicyclic) bond motifs is 5. The quantitative estimate of drug-likeness (QED) is 0.395. The number of aromatic amines is 1. The molecule has 0 amide bonds. The van der Waals surface area contributed by atoms with Crippen LogP contribution in [0, 0.1) is 0 Å². The van der Waals surface area contributed by atoms with Crippen LogP contribution in [0.5, 0.6) is 6.01 Å². The molecule has 8 nitrogen and oxygen atoms in total. The van der Waals surface area contributed by atoms with Crippen molar-refractivity contribution in [2.75, 3.05) is 19.0 Å². The number of hydrogen-bond acceptors (Lipinski definition) is 8. The lowest BCUT2D eigenvalue weighted by Crippen LogP contribution is -2.32. The standard InChI is InChI=1S/C24H24N6O2S/c1-24(2)10-18-14(11-32-24)9-15-19-20(33-22(15)28-18)21(27-12-26-19)25-7-6-13-4-5-16-17(8-13)30-23(29-16)31-3/h4-5,8-9,12H,6-7,10-11H2,1-3H3,(H,29,30)(H,25,26,27). The first-order valence-electron chi connectivity index (χ1n) is 11.0. The van der Waals surface area contributed by atoms with E-state index in [1.807, 2.05) is 6.07 Å². The second-order valence-corrected chi connectivity index (χ2v) is 9.95. The summed E-state index contributed by atoms with van der Waals surface area (Å²) in [6.45, 7) is 5.56. The number of thiophene rings is 1. The summed E-state index contributed by atoms with van der Waals surface area (Å²) in [6, 6.07) is 8.94. The van der Waals surface area contributed by atoms with E-state index in [1.165, 1.54) is 5.56 Å². The predicted molar refractivity (Wildman–Crippen MR) is 130 cm³/mol. The van der Waals surface area contributed by atoms with Crippen LogP contribution in [0.25, 0.3) is 31.5 Å². The molecule has 0 aliphatic carbocycles. The maximum Gasteiger partial charge on any atom is 0.294 e. The van der Waals surface area contributed by atoms with Crippen LogP contribution in [0.3, 0.4) is 0 Å². The van der Waals surface area contributed by atoms with Gasteiger partial charge in [-0.2, -0.15) is 4.98 Å². The summed E-state index contributed by atoms with van der Waals surface area (Å²) >= 11 is 1.65. The number of aromatic nitrogens is 5. The van der Waals surface area contributed by atoms with Crippen LogP contribution in [0.1, 0.15) is 30.7 Å². The Morgan fingerprint density at radius 3 is 3.00 bits per heavy atom. The Labute approximate surface area is 194 Å². The van der Waals surface area contributed by atoms with E-state index >= 15 is 0 Å². The van der Waals surface area contributed by atoms with E-state index in [2.05, 4.69) is 57.3 Å². The molecule has 0 saturated heterocycles. The molecular weight excluding hydrogens is 436 g/mol. The molecule has 2 N–H and O–H groups in total. The summed E-state index contributed by atoms with van der Waals surface area (Å²) in [5, 5.41) is 4.57. The predicted octanol–water partition coefficient (Wildman–Crippen LogP) is 4.63. The monoisotopic (exact) mass is 460 g/mol. The van der Waals surface area contributed by atoms with Gasteiger partial charge in [-0.1, -0.05) is 6.07 Å². The first-order chi connectivity index (χ1) is 16.0. The van der Waals surface area contributed by atoms with E-state index < -0.39 is 0 Å². The lowest BCUT2D eigenvalue weighted by atomic mass is 9.95. The maximum absolute atomic E-state index is 5.99. The van der Waals surface area contributed by atoms with Crippen molar-refractivity contribution in [1.82, 2.24) is 24.9 Å². The van der Waals surface area contributed by atoms with E-state index in [-0.39, 0.29) is 5.60 Å². The topological polar surface area (TPSA) is 97.8 Å². The Hall–Kier alpha value is -3.30. The molecule has 33 heavy (non-hydrogen) atoms. The smallest absolute Gasteiger partial charge is 0.294 e. The first kappa shape index (κ1) is 20.3. The van der Waals surface area contributed by atoms with Crippen LogP contribution in [0.2, 0.25) is 0 Å². The molecule has 1 aromatic carbocycles. The zero-order valence-electron chi connectivity index (χ0n) is 18.7. The molecule has 0 bridgehead atoms. The number of H-pyrrole nitrogens is 1. The molecular formula is C24H24N6O2S. The van der Waals surface area contributed by atoms with Crippen molar-refractivity contribution in [3.05, 3.63) is 47.4 Å². The number of imidazole rings is 1. The summed E-state index contributed by atoms with van der Waals surface area (Å²) in [6.07, 6.45) is 3.29. The van der Waals surface area contributed by atoms with Gasteiger partial charge in [0.25, 0.3) is 6.01 Å². The largest absolute Gasteiger partial charge is 0.468 e. The minimum absolute atomic E-state index is 0.180. The van der Waals surface area contributed by atoms with Gasteiger partial charge in [0.15, 0.2) is 0 Å². The van der Waals surface area contributed by atoms with Gasteiger partial charge in [-0.3, -0.25) is 0 Å². The number of hydrogen-bond donors (Lipinski definition) is 2. The van der Waals surface area contributed by atoms with Crippen molar-refractivity contribution in [2.45, 2.75) is 38.9 Å². The first-order valence-corrected chi connectivity index (χ1v) is 11.8. The molecule has 9 heteroatoms. The zero-order chi connectivity index (χ0) is 22.6. The van der Waals surface area contributed by atoms with Crippen LogP contribution in [-0.4, -0.2) is 44.2 Å². The molecule has 1 aliphatic heterocycles. The average molecular weight is 461 g/mol. The number of anilines is 1. The SMILES string of the molecule is COc1nc2cc(CCNc3ncnc4c3sc3nc5c(cc34)COC(C)(C)C5)ccc2[nH]1. The fourth-order valence-corrected chi connectivity index (χ4v) is 5.41. The molecule has 6 rings (SSSR count). The number of pyridine rings is 1. The fourth-order valence-electron chi connectivity index (χ4n) is 4.32. The summed E-state index contributed by atoms with van der Waals surface area (Å²) in [5.41, 5.74) is 6.11. The van der Waals surface area contributed by atoms with E-state index in [0.29, 0.717) is 12.6 Å². The van der Waals surface area contributed by atoms with Gasteiger partial charge in [0.05, 0.1) is 46.3 Å². The van der Waals surface area contributed by atoms with Crippen molar-refractivity contribution < 1.29 is 9.47 Å². The van der Waals surface area contributed by atoms with Crippen molar-refractivity contribution in [2.24, 2.45) is 0 Å². The van der Waals surface area contributed by atoms with E-state index in [9.17, 15) is 0 Å². The fraction of sp³-hybridized carbons (Fsp3) is 0.333. The van der Waals surface area contributed by atoms with Crippen LogP contribution >= 0.6 is 11.3 Å². The number of ether oxygens (including phenoxy) is 2. The summed E-state index contributed by atoms with van der Waals surface area (Å²) in [7, 11) is 1.61. The lowest BCUT2D eigenvalue weighted by Gasteiger charge is -2.30.